The van der Waals surface area contributed by atoms with Crippen molar-refractivity contribution in [2.75, 3.05) is 0 Å². The minimum atomic E-state index is -0.359. The predicted octanol–water partition coefficient (Wildman–Crippen LogP) is 1.86. The fraction of sp³-hybridized carbons (Fsp3) is 0.800. The molecule has 2 unspecified atom stereocenters. The summed E-state index contributed by atoms with van der Waals surface area (Å²) in [5, 5.41) is 12.6. The second-order valence-corrected chi connectivity index (χ2v) is 3.64. The average molecular weight is 169 g/mol. The SMILES string of the molecule is C=C1CC(C(CC)CC)C(O)N1. The van der Waals surface area contributed by atoms with E-state index in [1.165, 1.54) is 0 Å². The van der Waals surface area contributed by atoms with Crippen LogP contribution in [0.4, 0.5) is 0 Å². The number of rotatable bonds is 3. The number of aliphatic hydroxyl groups excluding tert-OH is 1. The molecule has 0 spiro atoms. The van der Waals surface area contributed by atoms with Crippen LogP contribution in [-0.4, -0.2) is 11.3 Å². The second kappa shape index (κ2) is 3.94. The van der Waals surface area contributed by atoms with Crippen LogP contribution < -0.4 is 5.32 Å². The van der Waals surface area contributed by atoms with Crippen LogP contribution in [0.25, 0.3) is 0 Å². The molecule has 1 aliphatic rings. The summed E-state index contributed by atoms with van der Waals surface area (Å²) in [6, 6.07) is 0. The fourth-order valence-corrected chi connectivity index (χ4v) is 2.09. The van der Waals surface area contributed by atoms with E-state index in [9.17, 15) is 5.11 Å². The maximum Gasteiger partial charge on any atom is 0.127 e. The maximum atomic E-state index is 9.62. The van der Waals surface area contributed by atoms with Crippen LogP contribution in [0.2, 0.25) is 0 Å². The fourth-order valence-electron chi connectivity index (χ4n) is 2.09. The summed E-state index contributed by atoms with van der Waals surface area (Å²) in [6.07, 6.45) is 2.87. The first kappa shape index (κ1) is 9.59. The van der Waals surface area contributed by atoms with E-state index in [2.05, 4.69) is 25.7 Å². The number of allylic oxidation sites excluding steroid dienone is 1. The Hall–Kier alpha value is -0.500. The summed E-state index contributed by atoms with van der Waals surface area (Å²) < 4.78 is 0. The molecule has 1 fully saturated rings. The van der Waals surface area contributed by atoms with Gasteiger partial charge in [-0.25, -0.2) is 0 Å². The lowest BCUT2D eigenvalue weighted by Crippen LogP contribution is -2.29. The smallest absolute Gasteiger partial charge is 0.127 e. The van der Waals surface area contributed by atoms with Gasteiger partial charge in [0.25, 0.3) is 0 Å². The molecule has 0 radical (unpaired) electrons. The van der Waals surface area contributed by atoms with Gasteiger partial charge in [0.15, 0.2) is 0 Å². The van der Waals surface area contributed by atoms with Gasteiger partial charge in [-0.3, -0.25) is 0 Å². The summed E-state index contributed by atoms with van der Waals surface area (Å²) >= 11 is 0. The van der Waals surface area contributed by atoms with E-state index in [-0.39, 0.29) is 6.23 Å². The van der Waals surface area contributed by atoms with Gasteiger partial charge in [0.1, 0.15) is 6.23 Å². The Bertz CT molecular complexity index is 163. The maximum absolute atomic E-state index is 9.62. The van der Waals surface area contributed by atoms with E-state index < -0.39 is 0 Å². The third kappa shape index (κ3) is 1.81. The zero-order valence-corrected chi connectivity index (χ0v) is 8.01. The van der Waals surface area contributed by atoms with Crippen LogP contribution in [0, 0.1) is 11.8 Å². The minimum Gasteiger partial charge on any atom is -0.374 e. The van der Waals surface area contributed by atoms with E-state index in [1.807, 2.05) is 0 Å². The van der Waals surface area contributed by atoms with Gasteiger partial charge in [-0.2, -0.15) is 0 Å². The second-order valence-electron chi connectivity index (χ2n) is 3.64. The molecule has 0 saturated carbocycles. The van der Waals surface area contributed by atoms with Crippen molar-refractivity contribution >= 4 is 0 Å². The largest absolute Gasteiger partial charge is 0.374 e. The number of nitrogens with one attached hydrogen (secondary N) is 1. The number of aliphatic hydroxyl groups is 1. The van der Waals surface area contributed by atoms with Gasteiger partial charge in [-0.05, 0) is 12.3 Å². The van der Waals surface area contributed by atoms with Gasteiger partial charge >= 0.3 is 0 Å². The topological polar surface area (TPSA) is 32.3 Å². The molecule has 2 atom stereocenters. The highest BCUT2D eigenvalue weighted by molar-refractivity contribution is 5.03. The van der Waals surface area contributed by atoms with Gasteiger partial charge in [0.05, 0.1) is 0 Å². The first-order valence-corrected chi connectivity index (χ1v) is 4.81. The normalized spacial score (nSPS) is 29.5. The first-order valence-electron chi connectivity index (χ1n) is 4.81. The third-order valence-electron chi connectivity index (χ3n) is 2.89. The van der Waals surface area contributed by atoms with Gasteiger partial charge in [-0.1, -0.05) is 33.3 Å². The van der Waals surface area contributed by atoms with Crippen molar-refractivity contribution < 1.29 is 5.11 Å². The Morgan fingerprint density at radius 1 is 1.58 bits per heavy atom. The highest BCUT2D eigenvalue weighted by Crippen LogP contribution is 2.31. The molecule has 0 aromatic heterocycles. The van der Waals surface area contributed by atoms with Gasteiger partial charge in [-0.15, -0.1) is 0 Å². The van der Waals surface area contributed by atoms with E-state index >= 15 is 0 Å². The van der Waals surface area contributed by atoms with Crippen LogP contribution in [0.1, 0.15) is 33.1 Å². The van der Waals surface area contributed by atoms with Gasteiger partial charge < -0.3 is 10.4 Å². The summed E-state index contributed by atoms with van der Waals surface area (Å²) in [4.78, 5) is 0. The van der Waals surface area contributed by atoms with Crippen molar-refractivity contribution in [2.24, 2.45) is 11.8 Å². The molecule has 0 aliphatic carbocycles. The standard InChI is InChI=1S/C10H19NO/c1-4-8(5-2)9-6-7(3)11-10(9)12/h8-12H,3-6H2,1-2H3. The van der Waals surface area contributed by atoms with Crippen LogP contribution in [0.3, 0.4) is 0 Å². The van der Waals surface area contributed by atoms with Crippen LogP contribution >= 0.6 is 0 Å². The summed E-state index contributed by atoms with van der Waals surface area (Å²) in [6.45, 7) is 8.20. The molecule has 1 heterocycles. The highest BCUT2D eigenvalue weighted by Gasteiger charge is 2.31. The molecule has 0 amide bonds. The third-order valence-corrected chi connectivity index (χ3v) is 2.89. The Morgan fingerprint density at radius 3 is 2.50 bits per heavy atom. The van der Waals surface area contributed by atoms with Crippen LogP contribution in [0.5, 0.6) is 0 Å². The van der Waals surface area contributed by atoms with Crippen molar-refractivity contribution in [1.82, 2.24) is 5.32 Å². The molecule has 1 saturated heterocycles. The predicted molar refractivity (Wildman–Crippen MR) is 50.5 cm³/mol. The lowest BCUT2D eigenvalue weighted by atomic mass is 9.86. The lowest BCUT2D eigenvalue weighted by molar-refractivity contribution is 0.0787. The van der Waals surface area contributed by atoms with E-state index in [0.717, 1.165) is 25.0 Å². The molecule has 70 valence electrons. The molecule has 0 aromatic rings. The lowest BCUT2D eigenvalue weighted by Gasteiger charge is -2.22. The molecule has 12 heavy (non-hydrogen) atoms. The zero-order chi connectivity index (χ0) is 9.14. The monoisotopic (exact) mass is 169 g/mol. The molecule has 1 aliphatic heterocycles. The average Bonchev–Trinajstić information content (AvgIpc) is 2.34. The van der Waals surface area contributed by atoms with Crippen molar-refractivity contribution in [3.63, 3.8) is 0 Å². The van der Waals surface area contributed by atoms with Gasteiger partial charge in [0, 0.05) is 11.6 Å². The first-order chi connectivity index (χ1) is 5.69. The molecule has 0 aromatic carbocycles. The van der Waals surface area contributed by atoms with Crippen molar-refractivity contribution in [3.8, 4) is 0 Å². The van der Waals surface area contributed by atoms with Crippen molar-refractivity contribution in [1.29, 1.82) is 0 Å². The minimum absolute atomic E-state index is 0.359. The molecule has 2 N–H and O–H groups in total. The van der Waals surface area contributed by atoms with Crippen LogP contribution in [0.15, 0.2) is 12.3 Å². The Balaban J connectivity index is 2.55. The quantitative estimate of drug-likeness (QED) is 0.676. The van der Waals surface area contributed by atoms with E-state index in [0.29, 0.717) is 11.8 Å². The molecule has 1 rings (SSSR count). The van der Waals surface area contributed by atoms with E-state index in [4.69, 9.17) is 0 Å². The van der Waals surface area contributed by atoms with E-state index in [1.54, 1.807) is 0 Å². The van der Waals surface area contributed by atoms with Crippen LogP contribution in [-0.2, 0) is 0 Å². The summed E-state index contributed by atoms with van der Waals surface area (Å²) in [7, 11) is 0. The summed E-state index contributed by atoms with van der Waals surface area (Å²) in [5.41, 5.74) is 0.986. The zero-order valence-electron chi connectivity index (χ0n) is 8.01. The van der Waals surface area contributed by atoms with Gasteiger partial charge in [0.2, 0.25) is 0 Å². The Labute approximate surface area is 74.7 Å². The Kier molecular flexibility index (Phi) is 3.15. The number of hydrogen-bond donors (Lipinski definition) is 2. The molecular weight excluding hydrogens is 150 g/mol. The number of hydrogen-bond acceptors (Lipinski definition) is 2. The molecular formula is C10H19NO. The van der Waals surface area contributed by atoms with Crippen molar-refractivity contribution in [3.05, 3.63) is 12.3 Å². The Morgan fingerprint density at radius 2 is 2.17 bits per heavy atom. The molecule has 2 heteroatoms. The summed E-state index contributed by atoms with van der Waals surface area (Å²) in [5.74, 6) is 1.01. The molecule has 2 nitrogen and oxygen atoms in total. The highest BCUT2D eigenvalue weighted by atomic mass is 16.3. The van der Waals surface area contributed by atoms with Crippen molar-refractivity contribution in [2.45, 2.75) is 39.3 Å². The molecule has 0 bridgehead atoms.